The van der Waals surface area contributed by atoms with E-state index < -0.39 is 0 Å². The van der Waals surface area contributed by atoms with Crippen LogP contribution in [0.5, 0.6) is 0 Å². The fourth-order valence-electron chi connectivity index (χ4n) is 2.36. The molecule has 1 saturated heterocycles. The first kappa shape index (κ1) is 15.0. The zero-order valence-corrected chi connectivity index (χ0v) is 12.8. The summed E-state index contributed by atoms with van der Waals surface area (Å²) in [5.41, 5.74) is 5.89. The van der Waals surface area contributed by atoms with Crippen molar-refractivity contribution in [2.24, 2.45) is 5.73 Å². The molecule has 2 rings (SSSR count). The molecule has 0 saturated carbocycles. The van der Waals surface area contributed by atoms with Crippen molar-refractivity contribution >= 4 is 27.7 Å². The van der Waals surface area contributed by atoms with E-state index >= 15 is 0 Å². The lowest BCUT2D eigenvalue weighted by molar-refractivity contribution is -0.119. The number of benzene rings is 1. The van der Waals surface area contributed by atoms with Gasteiger partial charge in [0.25, 0.3) is 5.91 Å². The summed E-state index contributed by atoms with van der Waals surface area (Å²) >= 11 is 3.38. The molecular weight excluding hydrogens is 322 g/mol. The molecule has 1 fully saturated rings. The number of carbonyl (C=O) groups is 2. The maximum Gasteiger partial charge on any atom is 0.253 e. The molecule has 1 aromatic carbocycles. The third-order valence-electron chi connectivity index (χ3n) is 3.33. The molecule has 2 amide bonds. The van der Waals surface area contributed by atoms with Crippen molar-refractivity contribution in [2.75, 3.05) is 32.7 Å². The van der Waals surface area contributed by atoms with Crippen LogP contribution in [0.2, 0.25) is 0 Å². The summed E-state index contributed by atoms with van der Waals surface area (Å²) in [5, 5.41) is 0. The van der Waals surface area contributed by atoms with Crippen molar-refractivity contribution in [1.29, 1.82) is 0 Å². The molecule has 0 aliphatic carbocycles. The standard InChI is InChI=1S/C14H18BrN3O2/c15-12-4-1-3-11(9-12)14(20)18-6-2-5-17(7-8-18)10-13(16)19/h1,3-4,9H,2,5-8,10H2,(H2,16,19). The van der Waals surface area contributed by atoms with Crippen LogP contribution in [0.3, 0.4) is 0 Å². The molecule has 6 heteroatoms. The lowest BCUT2D eigenvalue weighted by Crippen LogP contribution is -2.38. The van der Waals surface area contributed by atoms with Gasteiger partial charge in [-0.3, -0.25) is 14.5 Å². The molecule has 1 aliphatic rings. The Morgan fingerprint density at radius 2 is 2.00 bits per heavy atom. The van der Waals surface area contributed by atoms with E-state index in [0.717, 1.165) is 17.4 Å². The number of nitrogens with zero attached hydrogens (tertiary/aromatic N) is 2. The maximum atomic E-state index is 12.4. The third-order valence-corrected chi connectivity index (χ3v) is 3.82. The van der Waals surface area contributed by atoms with Gasteiger partial charge in [-0.25, -0.2) is 0 Å². The topological polar surface area (TPSA) is 66.6 Å². The highest BCUT2D eigenvalue weighted by molar-refractivity contribution is 9.10. The predicted molar refractivity (Wildman–Crippen MR) is 80.3 cm³/mol. The summed E-state index contributed by atoms with van der Waals surface area (Å²) in [6.45, 7) is 3.08. The Morgan fingerprint density at radius 3 is 2.70 bits per heavy atom. The largest absolute Gasteiger partial charge is 0.369 e. The van der Waals surface area contributed by atoms with Gasteiger partial charge in [0.05, 0.1) is 6.54 Å². The lowest BCUT2D eigenvalue weighted by Gasteiger charge is -2.21. The number of amides is 2. The smallest absolute Gasteiger partial charge is 0.253 e. The molecule has 0 bridgehead atoms. The summed E-state index contributed by atoms with van der Waals surface area (Å²) in [4.78, 5) is 27.2. The third kappa shape index (κ3) is 4.05. The van der Waals surface area contributed by atoms with Gasteiger partial charge in [-0.2, -0.15) is 0 Å². The van der Waals surface area contributed by atoms with Gasteiger partial charge in [0.2, 0.25) is 5.91 Å². The highest BCUT2D eigenvalue weighted by Crippen LogP contribution is 2.14. The van der Waals surface area contributed by atoms with Crippen molar-refractivity contribution in [3.8, 4) is 0 Å². The van der Waals surface area contributed by atoms with Crippen LogP contribution in [0.1, 0.15) is 16.8 Å². The van der Waals surface area contributed by atoms with Gasteiger partial charge in [0.15, 0.2) is 0 Å². The molecule has 0 atom stereocenters. The molecule has 1 heterocycles. The van der Waals surface area contributed by atoms with Crippen LogP contribution in [0.4, 0.5) is 0 Å². The first-order valence-corrected chi connectivity index (χ1v) is 7.41. The first-order valence-electron chi connectivity index (χ1n) is 6.62. The Morgan fingerprint density at radius 1 is 1.20 bits per heavy atom. The Labute approximate surface area is 126 Å². The highest BCUT2D eigenvalue weighted by Gasteiger charge is 2.20. The summed E-state index contributed by atoms with van der Waals surface area (Å²) in [7, 11) is 0. The van der Waals surface area contributed by atoms with Crippen LogP contribution < -0.4 is 5.73 Å². The molecule has 20 heavy (non-hydrogen) atoms. The van der Waals surface area contributed by atoms with E-state index in [0.29, 0.717) is 25.2 Å². The van der Waals surface area contributed by atoms with Gasteiger partial charge in [0.1, 0.15) is 0 Å². The zero-order chi connectivity index (χ0) is 14.5. The Balaban J connectivity index is 1.99. The average Bonchev–Trinajstić information content (AvgIpc) is 2.63. The Hall–Kier alpha value is -1.40. The zero-order valence-electron chi connectivity index (χ0n) is 11.2. The van der Waals surface area contributed by atoms with E-state index in [-0.39, 0.29) is 18.4 Å². The van der Waals surface area contributed by atoms with Gasteiger partial charge in [-0.1, -0.05) is 22.0 Å². The predicted octanol–water partition coefficient (Wildman–Crippen LogP) is 1.08. The minimum absolute atomic E-state index is 0.0345. The second-order valence-corrected chi connectivity index (χ2v) is 5.81. The second kappa shape index (κ2) is 6.85. The van der Waals surface area contributed by atoms with Crippen molar-refractivity contribution in [3.63, 3.8) is 0 Å². The Kier molecular flexibility index (Phi) is 5.14. The molecule has 0 spiro atoms. The average molecular weight is 340 g/mol. The van der Waals surface area contributed by atoms with Crippen molar-refractivity contribution < 1.29 is 9.59 Å². The molecule has 5 nitrogen and oxygen atoms in total. The molecular formula is C14H18BrN3O2. The fraction of sp³-hybridized carbons (Fsp3) is 0.429. The van der Waals surface area contributed by atoms with E-state index in [1.807, 2.05) is 34.1 Å². The van der Waals surface area contributed by atoms with Gasteiger partial charge >= 0.3 is 0 Å². The van der Waals surface area contributed by atoms with Crippen LogP contribution in [0.15, 0.2) is 28.7 Å². The molecule has 108 valence electrons. The molecule has 0 unspecified atom stereocenters. The minimum atomic E-state index is -0.322. The minimum Gasteiger partial charge on any atom is -0.369 e. The van der Waals surface area contributed by atoms with E-state index in [9.17, 15) is 9.59 Å². The van der Waals surface area contributed by atoms with E-state index in [4.69, 9.17) is 5.73 Å². The van der Waals surface area contributed by atoms with Crippen LogP contribution in [0.25, 0.3) is 0 Å². The molecule has 0 aromatic heterocycles. The van der Waals surface area contributed by atoms with Crippen LogP contribution in [-0.4, -0.2) is 54.3 Å². The number of rotatable bonds is 3. The summed E-state index contributed by atoms with van der Waals surface area (Å²) in [6, 6.07) is 7.40. The molecule has 2 N–H and O–H groups in total. The van der Waals surface area contributed by atoms with Gasteiger partial charge < -0.3 is 10.6 Å². The normalized spacial score (nSPS) is 16.8. The number of carbonyl (C=O) groups excluding carboxylic acids is 2. The summed E-state index contributed by atoms with van der Waals surface area (Å²) < 4.78 is 0.897. The monoisotopic (exact) mass is 339 g/mol. The lowest BCUT2D eigenvalue weighted by atomic mass is 10.2. The van der Waals surface area contributed by atoms with Crippen molar-refractivity contribution in [2.45, 2.75) is 6.42 Å². The molecule has 1 aromatic rings. The van der Waals surface area contributed by atoms with Gasteiger partial charge in [0, 0.05) is 36.2 Å². The Bertz CT molecular complexity index is 507. The first-order chi connectivity index (χ1) is 9.56. The van der Waals surface area contributed by atoms with Crippen LogP contribution in [0, 0.1) is 0 Å². The number of hydrogen-bond donors (Lipinski definition) is 1. The maximum absolute atomic E-state index is 12.4. The summed E-state index contributed by atoms with van der Waals surface area (Å²) in [5.74, 6) is -0.288. The highest BCUT2D eigenvalue weighted by atomic mass is 79.9. The fourth-order valence-corrected chi connectivity index (χ4v) is 2.76. The van der Waals surface area contributed by atoms with Gasteiger partial charge in [-0.15, -0.1) is 0 Å². The summed E-state index contributed by atoms with van der Waals surface area (Å²) in [6.07, 6.45) is 0.854. The molecule has 1 aliphatic heterocycles. The van der Waals surface area contributed by atoms with E-state index in [1.165, 1.54) is 0 Å². The number of hydrogen-bond acceptors (Lipinski definition) is 3. The van der Waals surface area contributed by atoms with E-state index in [2.05, 4.69) is 15.9 Å². The van der Waals surface area contributed by atoms with E-state index in [1.54, 1.807) is 0 Å². The number of halogens is 1. The van der Waals surface area contributed by atoms with Gasteiger partial charge in [-0.05, 0) is 24.6 Å². The second-order valence-electron chi connectivity index (χ2n) is 4.90. The number of primary amides is 1. The molecule has 0 radical (unpaired) electrons. The van der Waals surface area contributed by atoms with Crippen molar-refractivity contribution in [1.82, 2.24) is 9.80 Å². The van der Waals surface area contributed by atoms with Crippen LogP contribution >= 0.6 is 15.9 Å². The SMILES string of the molecule is NC(=O)CN1CCCN(C(=O)c2cccc(Br)c2)CC1. The quantitative estimate of drug-likeness (QED) is 0.896. The number of nitrogens with two attached hydrogens (primary N) is 1. The van der Waals surface area contributed by atoms with Crippen molar-refractivity contribution in [3.05, 3.63) is 34.3 Å². The van der Waals surface area contributed by atoms with Crippen LogP contribution in [-0.2, 0) is 4.79 Å².